The molecule has 0 amide bonds. The monoisotopic (exact) mass is 194 g/mol. The average Bonchev–Trinajstić information content (AvgIpc) is 2.11. The van der Waals surface area contributed by atoms with Crippen molar-refractivity contribution >= 4 is 5.97 Å². The lowest BCUT2D eigenvalue weighted by atomic mass is 10.0. The van der Waals surface area contributed by atoms with Crippen molar-refractivity contribution < 1.29 is 20.1 Å². The Kier molecular flexibility index (Phi) is 2.76. The van der Waals surface area contributed by atoms with Gasteiger partial charge in [0.1, 0.15) is 17.1 Å². The van der Waals surface area contributed by atoms with Gasteiger partial charge in [0, 0.05) is 5.56 Å². The van der Waals surface area contributed by atoms with Gasteiger partial charge in [-0.2, -0.15) is 0 Å². The SMILES string of the molecule is C=CCc1c(O)ccc(O)c1C(=O)O. The van der Waals surface area contributed by atoms with Gasteiger partial charge in [-0.05, 0) is 18.6 Å². The van der Waals surface area contributed by atoms with Crippen molar-refractivity contribution in [1.82, 2.24) is 0 Å². The van der Waals surface area contributed by atoms with E-state index in [4.69, 9.17) is 5.11 Å². The average molecular weight is 194 g/mol. The predicted octanol–water partition coefficient (Wildman–Crippen LogP) is 1.52. The van der Waals surface area contributed by atoms with E-state index in [1.165, 1.54) is 12.1 Å². The lowest BCUT2D eigenvalue weighted by Crippen LogP contribution is -2.02. The van der Waals surface area contributed by atoms with Crippen molar-refractivity contribution in [2.24, 2.45) is 0 Å². The molecule has 0 aliphatic carbocycles. The molecule has 1 aromatic rings. The second kappa shape index (κ2) is 3.83. The van der Waals surface area contributed by atoms with E-state index < -0.39 is 5.97 Å². The number of hydrogen-bond donors (Lipinski definition) is 3. The lowest BCUT2D eigenvalue weighted by molar-refractivity contribution is 0.0692. The summed E-state index contributed by atoms with van der Waals surface area (Å²) in [5.41, 5.74) is -0.0996. The first-order valence-corrected chi connectivity index (χ1v) is 3.96. The number of carboxylic acid groups (broad SMARTS) is 1. The molecule has 0 aliphatic rings. The van der Waals surface area contributed by atoms with Crippen LogP contribution in [0, 0.1) is 0 Å². The van der Waals surface area contributed by atoms with Crippen molar-refractivity contribution in [3.05, 3.63) is 35.9 Å². The molecular weight excluding hydrogens is 184 g/mol. The number of benzene rings is 1. The molecule has 0 fully saturated rings. The summed E-state index contributed by atoms with van der Waals surface area (Å²) in [6, 6.07) is 2.39. The number of hydrogen-bond acceptors (Lipinski definition) is 3. The number of rotatable bonds is 3. The van der Waals surface area contributed by atoms with Crippen LogP contribution in [0.4, 0.5) is 0 Å². The van der Waals surface area contributed by atoms with Gasteiger partial charge in [-0.15, -0.1) is 6.58 Å². The van der Waals surface area contributed by atoms with Gasteiger partial charge in [0.15, 0.2) is 0 Å². The molecule has 0 aromatic heterocycles. The molecule has 0 heterocycles. The van der Waals surface area contributed by atoms with Crippen molar-refractivity contribution in [1.29, 1.82) is 0 Å². The standard InChI is InChI=1S/C10H10O4/c1-2-3-6-7(11)4-5-8(12)9(6)10(13)14/h2,4-5,11-12H,1,3H2,(H,13,14). The number of aromatic carboxylic acids is 1. The van der Waals surface area contributed by atoms with E-state index >= 15 is 0 Å². The zero-order chi connectivity index (χ0) is 10.7. The Hall–Kier alpha value is -1.97. The summed E-state index contributed by atoms with van der Waals surface area (Å²) < 4.78 is 0. The molecule has 0 bridgehead atoms. The van der Waals surface area contributed by atoms with E-state index in [0.29, 0.717) is 0 Å². The maximum absolute atomic E-state index is 10.8. The second-order valence-corrected chi connectivity index (χ2v) is 2.76. The van der Waals surface area contributed by atoms with Crippen LogP contribution in [0.2, 0.25) is 0 Å². The van der Waals surface area contributed by atoms with Crippen LogP contribution in [-0.2, 0) is 6.42 Å². The smallest absolute Gasteiger partial charge is 0.339 e. The van der Waals surface area contributed by atoms with Gasteiger partial charge in [-0.1, -0.05) is 6.08 Å². The number of carbonyl (C=O) groups is 1. The highest BCUT2D eigenvalue weighted by Crippen LogP contribution is 2.29. The quantitative estimate of drug-likeness (QED) is 0.503. The molecule has 4 nitrogen and oxygen atoms in total. The fourth-order valence-electron chi connectivity index (χ4n) is 1.21. The van der Waals surface area contributed by atoms with Crippen LogP contribution in [0.3, 0.4) is 0 Å². The van der Waals surface area contributed by atoms with Gasteiger partial charge in [-0.25, -0.2) is 4.79 Å². The van der Waals surface area contributed by atoms with E-state index in [2.05, 4.69) is 6.58 Å². The molecule has 4 heteroatoms. The lowest BCUT2D eigenvalue weighted by Gasteiger charge is -2.07. The van der Waals surface area contributed by atoms with Gasteiger partial charge in [0.05, 0.1) is 0 Å². The van der Waals surface area contributed by atoms with Gasteiger partial charge >= 0.3 is 5.97 Å². The minimum absolute atomic E-state index is 0.153. The fraction of sp³-hybridized carbons (Fsp3) is 0.100. The normalized spacial score (nSPS) is 9.71. The van der Waals surface area contributed by atoms with Crippen molar-refractivity contribution in [2.75, 3.05) is 0 Å². The first kappa shape index (κ1) is 10.1. The van der Waals surface area contributed by atoms with Gasteiger partial charge in [0.2, 0.25) is 0 Å². The summed E-state index contributed by atoms with van der Waals surface area (Å²) in [5, 5.41) is 27.5. The Morgan fingerprint density at radius 3 is 2.43 bits per heavy atom. The summed E-state index contributed by atoms with van der Waals surface area (Å²) in [5.74, 6) is -1.78. The van der Waals surface area contributed by atoms with Crippen LogP contribution in [-0.4, -0.2) is 21.3 Å². The van der Waals surface area contributed by atoms with Gasteiger partial charge in [0.25, 0.3) is 0 Å². The highest BCUT2D eigenvalue weighted by atomic mass is 16.4. The number of carboxylic acids is 1. The summed E-state index contributed by atoms with van der Waals surface area (Å²) in [4.78, 5) is 10.8. The topological polar surface area (TPSA) is 77.8 Å². The second-order valence-electron chi connectivity index (χ2n) is 2.76. The van der Waals surface area contributed by atoms with E-state index in [1.807, 2.05) is 0 Å². The van der Waals surface area contributed by atoms with Gasteiger partial charge in [-0.3, -0.25) is 0 Å². The number of aromatic hydroxyl groups is 2. The maximum atomic E-state index is 10.8. The van der Waals surface area contributed by atoms with Crippen LogP contribution >= 0.6 is 0 Å². The van der Waals surface area contributed by atoms with Crippen LogP contribution in [0.5, 0.6) is 11.5 Å². The molecule has 0 saturated heterocycles. The molecule has 0 unspecified atom stereocenters. The molecule has 14 heavy (non-hydrogen) atoms. The molecule has 0 radical (unpaired) electrons. The molecule has 0 aliphatic heterocycles. The van der Waals surface area contributed by atoms with E-state index in [9.17, 15) is 15.0 Å². The number of phenols is 2. The molecule has 1 rings (SSSR count). The minimum atomic E-state index is -1.27. The number of phenolic OH excluding ortho intramolecular Hbond substituents is 1. The molecular formula is C10H10O4. The van der Waals surface area contributed by atoms with Crippen molar-refractivity contribution in [3.63, 3.8) is 0 Å². The molecule has 0 atom stereocenters. The highest BCUT2D eigenvalue weighted by Gasteiger charge is 2.17. The Bertz CT molecular complexity index is 382. The van der Waals surface area contributed by atoms with Crippen LogP contribution < -0.4 is 0 Å². The summed E-state index contributed by atoms with van der Waals surface area (Å²) in [6.07, 6.45) is 1.66. The van der Waals surface area contributed by atoms with Crippen molar-refractivity contribution in [3.8, 4) is 11.5 Å². The Morgan fingerprint density at radius 1 is 1.36 bits per heavy atom. The maximum Gasteiger partial charge on any atom is 0.339 e. The van der Waals surface area contributed by atoms with E-state index in [1.54, 1.807) is 0 Å². The zero-order valence-electron chi connectivity index (χ0n) is 7.40. The van der Waals surface area contributed by atoms with Crippen LogP contribution in [0.25, 0.3) is 0 Å². The van der Waals surface area contributed by atoms with E-state index in [-0.39, 0.29) is 29.0 Å². The largest absolute Gasteiger partial charge is 0.508 e. The van der Waals surface area contributed by atoms with Crippen LogP contribution in [0.1, 0.15) is 15.9 Å². The fourth-order valence-corrected chi connectivity index (χ4v) is 1.21. The third-order valence-corrected chi connectivity index (χ3v) is 1.83. The summed E-state index contributed by atoms with van der Waals surface area (Å²) >= 11 is 0. The zero-order valence-corrected chi connectivity index (χ0v) is 7.40. The molecule has 1 aromatic carbocycles. The minimum Gasteiger partial charge on any atom is -0.508 e. The van der Waals surface area contributed by atoms with Crippen molar-refractivity contribution in [2.45, 2.75) is 6.42 Å². The first-order chi connectivity index (χ1) is 6.57. The number of allylic oxidation sites excluding steroid dienone is 1. The molecule has 0 saturated carbocycles. The molecule has 3 N–H and O–H groups in total. The molecule has 0 spiro atoms. The Labute approximate surface area is 80.7 Å². The third-order valence-electron chi connectivity index (χ3n) is 1.83. The van der Waals surface area contributed by atoms with Gasteiger partial charge < -0.3 is 15.3 Å². The Balaban J connectivity index is 3.40. The predicted molar refractivity (Wildman–Crippen MR) is 50.6 cm³/mol. The third kappa shape index (κ3) is 1.69. The summed E-state index contributed by atoms with van der Waals surface area (Å²) in [6.45, 7) is 3.44. The van der Waals surface area contributed by atoms with Crippen LogP contribution in [0.15, 0.2) is 24.8 Å². The summed E-state index contributed by atoms with van der Waals surface area (Å²) in [7, 11) is 0. The highest BCUT2D eigenvalue weighted by molar-refractivity contribution is 5.93. The van der Waals surface area contributed by atoms with E-state index in [0.717, 1.165) is 6.07 Å². The molecule has 74 valence electrons. The Morgan fingerprint density at radius 2 is 1.93 bits per heavy atom. The first-order valence-electron chi connectivity index (χ1n) is 3.96.